The molecule has 0 aliphatic heterocycles. The van der Waals surface area contributed by atoms with Crippen LogP contribution in [0.2, 0.25) is 0 Å². The Bertz CT molecular complexity index is 698. The number of esters is 1. The molecule has 2 rings (SSSR count). The third kappa shape index (κ3) is 2.24. The van der Waals surface area contributed by atoms with Gasteiger partial charge in [-0.1, -0.05) is 0 Å². The lowest BCUT2D eigenvalue weighted by atomic mass is 10.2. The summed E-state index contributed by atoms with van der Waals surface area (Å²) in [5, 5.41) is 0. The summed E-state index contributed by atoms with van der Waals surface area (Å²) < 4.78 is 20.7. The fraction of sp³-hybridized carbons (Fsp3) is 0.286. The van der Waals surface area contributed by atoms with Gasteiger partial charge in [0.05, 0.1) is 18.0 Å². The first kappa shape index (κ1) is 14.0. The normalized spacial score (nSPS) is 10.6. The molecule has 0 amide bonds. The van der Waals surface area contributed by atoms with Crippen LogP contribution in [0, 0.1) is 12.7 Å². The van der Waals surface area contributed by atoms with E-state index < -0.39 is 17.3 Å². The highest BCUT2D eigenvalue weighted by molar-refractivity contribution is 5.90. The molecule has 106 valence electrons. The van der Waals surface area contributed by atoms with Crippen LogP contribution in [0.15, 0.2) is 29.1 Å². The molecule has 0 atom stereocenters. The predicted octanol–water partition coefficient (Wildman–Crippen LogP) is 1.80. The maximum atomic E-state index is 12.9. The van der Waals surface area contributed by atoms with Gasteiger partial charge in [-0.05, 0) is 38.1 Å². The van der Waals surface area contributed by atoms with E-state index >= 15 is 0 Å². The molecule has 5 nitrogen and oxygen atoms in total. The number of rotatable bonds is 3. The van der Waals surface area contributed by atoms with Crippen molar-refractivity contribution in [1.29, 1.82) is 0 Å². The maximum absolute atomic E-state index is 12.9. The summed E-state index contributed by atoms with van der Waals surface area (Å²) >= 11 is 0. The van der Waals surface area contributed by atoms with E-state index in [9.17, 15) is 14.0 Å². The molecular weight excluding hydrogens is 263 g/mol. The molecule has 0 fully saturated rings. The molecular formula is C14H15FN2O3. The molecule has 0 aliphatic rings. The average molecular weight is 278 g/mol. The first-order chi connectivity index (χ1) is 9.47. The van der Waals surface area contributed by atoms with Crippen LogP contribution in [0.5, 0.6) is 0 Å². The first-order valence-electron chi connectivity index (χ1n) is 6.19. The lowest BCUT2D eigenvalue weighted by Gasteiger charge is -2.07. The van der Waals surface area contributed by atoms with Crippen molar-refractivity contribution in [2.75, 3.05) is 6.61 Å². The standard InChI is InChI=1S/C14H15FN2O3/c1-4-20-14(19)12-9(2)16(3)17(13(12)18)11-7-5-10(15)6-8-11/h5-8H,4H2,1-3H3. The highest BCUT2D eigenvalue weighted by Gasteiger charge is 2.22. The minimum Gasteiger partial charge on any atom is -0.462 e. The molecule has 0 saturated carbocycles. The van der Waals surface area contributed by atoms with Crippen molar-refractivity contribution in [3.8, 4) is 5.69 Å². The van der Waals surface area contributed by atoms with Gasteiger partial charge >= 0.3 is 5.97 Å². The fourth-order valence-corrected chi connectivity index (χ4v) is 2.02. The van der Waals surface area contributed by atoms with E-state index in [0.29, 0.717) is 11.4 Å². The van der Waals surface area contributed by atoms with Gasteiger partial charge in [0.1, 0.15) is 11.4 Å². The van der Waals surface area contributed by atoms with Crippen LogP contribution in [-0.2, 0) is 11.8 Å². The topological polar surface area (TPSA) is 53.2 Å². The van der Waals surface area contributed by atoms with Crippen LogP contribution >= 0.6 is 0 Å². The summed E-state index contributed by atoms with van der Waals surface area (Å²) in [6.45, 7) is 3.53. The lowest BCUT2D eigenvalue weighted by Crippen LogP contribution is -2.23. The van der Waals surface area contributed by atoms with Gasteiger partial charge in [-0.3, -0.25) is 9.48 Å². The number of carbonyl (C=O) groups is 1. The fourth-order valence-electron chi connectivity index (χ4n) is 2.02. The molecule has 0 saturated heterocycles. The number of ether oxygens (including phenoxy) is 1. The van der Waals surface area contributed by atoms with Gasteiger partial charge in [0.25, 0.3) is 5.56 Å². The van der Waals surface area contributed by atoms with Crippen LogP contribution in [0.3, 0.4) is 0 Å². The molecule has 1 aromatic heterocycles. The second-order valence-corrected chi connectivity index (χ2v) is 4.30. The summed E-state index contributed by atoms with van der Waals surface area (Å²) in [6, 6.07) is 5.47. The Labute approximate surface area is 115 Å². The minimum atomic E-state index is -0.647. The second kappa shape index (κ2) is 5.32. The van der Waals surface area contributed by atoms with Crippen LogP contribution in [0.1, 0.15) is 23.0 Å². The van der Waals surface area contributed by atoms with E-state index in [2.05, 4.69) is 0 Å². The number of hydrogen-bond donors (Lipinski definition) is 0. The zero-order valence-corrected chi connectivity index (χ0v) is 11.5. The monoisotopic (exact) mass is 278 g/mol. The molecule has 1 heterocycles. The SMILES string of the molecule is CCOC(=O)c1c(C)n(C)n(-c2ccc(F)cc2)c1=O. The minimum absolute atomic E-state index is 0.00123. The summed E-state index contributed by atoms with van der Waals surface area (Å²) in [7, 11) is 1.66. The number of halogens is 1. The molecule has 0 aliphatic carbocycles. The maximum Gasteiger partial charge on any atom is 0.345 e. The number of hydrogen-bond acceptors (Lipinski definition) is 3. The third-order valence-electron chi connectivity index (χ3n) is 3.10. The Morgan fingerprint density at radius 2 is 1.90 bits per heavy atom. The van der Waals surface area contributed by atoms with E-state index in [1.165, 1.54) is 28.9 Å². The molecule has 0 spiro atoms. The molecule has 0 N–H and O–H groups in total. The Balaban J connectivity index is 2.61. The van der Waals surface area contributed by atoms with Gasteiger partial charge in [-0.2, -0.15) is 0 Å². The summed E-state index contributed by atoms with van der Waals surface area (Å²) in [6.07, 6.45) is 0. The molecule has 1 aromatic carbocycles. The molecule has 20 heavy (non-hydrogen) atoms. The largest absolute Gasteiger partial charge is 0.462 e. The second-order valence-electron chi connectivity index (χ2n) is 4.30. The summed E-state index contributed by atoms with van der Waals surface area (Å²) in [4.78, 5) is 24.2. The van der Waals surface area contributed by atoms with Crippen LogP contribution in [-0.4, -0.2) is 21.9 Å². The van der Waals surface area contributed by atoms with E-state index in [-0.39, 0.29) is 12.2 Å². The van der Waals surface area contributed by atoms with E-state index in [4.69, 9.17) is 4.74 Å². The van der Waals surface area contributed by atoms with Crippen molar-refractivity contribution in [2.45, 2.75) is 13.8 Å². The van der Waals surface area contributed by atoms with E-state index in [1.807, 2.05) is 0 Å². The number of nitrogens with zero attached hydrogens (tertiary/aromatic N) is 2. The van der Waals surface area contributed by atoms with Crippen molar-refractivity contribution >= 4 is 5.97 Å². The van der Waals surface area contributed by atoms with Gasteiger partial charge in [-0.25, -0.2) is 13.9 Å². The number of aromatic nitrogens is 2. The van der Waals surface area contributed by atoms with Gasteiger partial charge in [-0.15, -0.1) is 0 Å². The molecule has 6 heteroatoms. The quantitative estimate of drug-likeness (QED) is 0.804. The summed E-state index contributed by atoms with van der Waals surface area (Å²) in [5.74, 6) is -1.04. The predicted molar refractivity (Wildman–Crippen MR) is 71.7 cm³/mol. The average Bonchev–Trinajstić information content (AvgIpc) is 2.62. The Hall–Kier alpha value is -2.37. The Morgan fingerprint density at radius 3 is 2.45 bits per heavy atom. The van der Waals surface area contributed by atoms with Gasteiger partial charge in [0.15, 0.2) is 0 Å². The van der Waals surface area contributed by atoms with Crippen LogP contribution < -0.4 is 5.56 Å². The Kier molecular flexibility index (Phi) is 3.74. The molecule has 0 radical (unpaired) electrons. The molecule has 2 aromatic rings. The zero-order chi connectivity index (χ0) is 14.9. The van der Waals surface area contributed by atoms with Crippen molar-refractivity contribution in [3.05, 3.63) is 51.7 Å². The molecule has 0 bridgehead atoms. The number of carbonyl (C=O) groups excluding carboxylic acids is 1. The van der Waals surface area contributed by atoms with Gasteiger partial charge < -0.3 is 4.74 Å². The van der Waals surface area contributed by atoms with Crippen molar-refractivity contribution in [1.82, 2.24) is 9.36 Å². The van der Waals surface area contributed by atoms with Crippen molar-refractivity contribution in [2.24, 2.45) is 7.05 Å². The van der Waals surface area contributed by atoms with Gasteiger partial charge in [0, 0.05) is 7.05 Å². The van der Waals surface area contributed by atoms with Crippen LogP contribution in [0.4, 0.5) is 4.39 Å². The van der Waals surface area contributed by atoms with Crippen molar-refractivity contribution in [3.63, 3.8) is 0 Å². The lowest BCUT2D eigenvalue weighted by molar-refractivity contribution is 0.0524. The smallest absolute Gasteiger partial charge is 0.345 e. The Morgan fingerprint density at radius 1 is 1.30 bits per heavy atom. The number of benzene rings is 1. The molecule has 0 unspecified atom stereocenters. The van der Waals surface area contributed by atoms with Crippen LogP contribution in [0.25, 0.3) is 5.69 Å². The highest BCUT2D eigenvalue weighted by atomic mass is 19.1. The van der Waals surface area contributed by atoms with E-state index in [1.54, 1.807) is 25.6 Å². The zero-order valence-electron chi connectivity index (χ0n) is 11.5. The van der Waals surface area contributed by atoms with Crippen molar-refractivity contribution < 1.29 is 13.9 Å². The third-order valence-corrected chi connectivity index (χ3v) is 3.10. The van der Waals surface area contributed by atoms with E-state index in [0.717, 1.165) is 0 Å². The first-order valence-corrected chi connectivity index (χ1v) is 6.19. The highest BCUT2D eigenvalue weighted by Crippen LogP contribution is 2.12. The van der Waals surface area contributed by atoms with Gasteiger partial charge in [0.2, 0.25) is 0 Å². The summed E-state index contributed by atoms with van der Waals surface area (Å²) in [5.41, 5.74) is 0.504.